The summed E-state index contributed by atoms with van der Waals surface area (Å²) in [7, 11) is 0. The summed E-state index contributed by atoms with van der Waals surface area (Å²) in [5.74, 6) is 2.44. The molecular weight excluding hydrogens is 427 g/mol. The first kappa shape index (κ1) is 21.7. The van der Waals surface area contributed by atoms with Crippen LogP contribution < -0.4 is 10.6 Å². The van der Waals surface area contributed by atoms with Crippen molar-refractivity contribution in [3.05, 3.63) is 30.2 Å². The van der Waals surface area contributed by atoms with Crippen molar-refractivity contribution < 1.29 is 0 Å². The fourth-order valence-electron chi connectivity index (χ4n) is 2.61. The Hall–Kier alpha value is -1.38. The maximum absolute atomic E-state index is 4.66. The van der Waals surface area contributed by atoms with E-state index in [-0.39, 0.29) is 24.0 Å². The Morgan fingerprint density at radius 2 is 2.00 bits per heavy atom. The summed E-state index contributed by atoms with van der Waals surface area (Å²) in [5, 5.41) is 15.2. The molecule has 2 heterocycles. The van der Waals surface area contributed by atoms with Crippen LogP contribution in [0.1, 0.15) is 52.8 Å². The summed E-state index contributed by atoms with van der Waals surface area (Å²) in [6.45, 7) is 10.2. The van der Waals surface area contributed by atoms with Crippen molar-refractivity contribution in [2.45, 2.75) is 59.5 Å². The maximum Gasteiger partial charge on any atom is 0.191 e. The van der Waals surface area contributed by atoms with E-state index in [1.54, 1.807) is 0 Å². The summed E-state index contributed by atoms with van der Waals surface area (Å²) in [6, 6.07) is 6.28. The quantitative estimate of drug-likeness (QED) is 0.360. The summed E-state index contributed by atoms with van der Waals surface area (Å²) in [5.41, 5.74) is 0.850. The van der Waals surface area contributed by atoms with Crippen LogP contribution in [-0.2, 0) is 6.54 Å². The molecule has 2 N–H and O–H groups in total. The SMILES string of the molecule is CCNC(=NCc1nnc2ccccn12)NC(C)CCCC(C)C.I. The second kappa shape index (κ2) is 11.3. The van der Waals surface area contributed by atoms with Crippen LogP contribution in [-0.4, -0.2) is 33.1 Å². The molecule has 25 heavy (non-hydrogen) atoms. The molecule has 0 saturated carbocycles. The zero-order chi connectivity index (χ0) is 17.4. The largest absolute Gasteiger partial charge is 0.357 e. The zero-order valence-electron chi connectivity index (χ0n) is 15.7. The summed E-state index contributed by atoms with van der Waals surface area (Å²) >= 11 is 0. The number of aromatic nitrogens is 3. The summed E-state index contributed by atoms with van der Waals surface area (Å²) in [6.07, 6.45) is 5.62. The molecule has 0 aliphatic rings. The van der Waals surface area contributed by atoms with Gasteiger partial charge < -0.3 is 10.6 Å². The zero-order valence-corrected chi connectivity index (χ0v) is 18.0. The Bertz CT molecular complexity index is 652. The van der Waals surface area contributed by atoms with Crippen molar-refractivity contribution in [1.82, 2.24) is 25.2 Å². The molecule has 0 spiro atoms. The molecular formula is C18H31IN6. The van der Waals surface area contributed by atoms with Gasteiger partial charge in [-0.15, -0.1) is 34.2 Å². The smallest absolute Gasteiger partial charge is 0.191 e. The van der Waals surface area contributed by atoms with Crippen LogP contribution in [0, 0.1) is 5.92 Å². The van der Waals surface area contributed by atoms with Crippen molar-refractivity contribution in [3.8, 4) is 0 Å². The third-order valence-electron chi connectivity index (χ3n) is 3.91. The Labute approximate surface area is 167 Å². The molecule has 1 atom stereocenters. The second-order valence-electron chi connectivity index (χ2n) is 6.61. The molecule has 6 nitrogen and oxygen atoms in total. The average molecular weight is 458 g/mol. The number of nitrogens with one attached hydrogen (secondary N) is 2. The predicted octanol–water partition coefficient (Wildman–Crippen LogP) is 3.62. The molecule has 0 saturated heterocycles. The van der Waals surface area contributed by atoms with Crippen LogP contribution in [0.4, 0.5) is 0 Å². The van der Waals surface area contributed by atoms with Gasteiger partial charge in [-0.2, -0.15) is 0 Å². The highest BCUT2D eigenvalue weighted by Gasteiger charge is 2.07. The number of nitrogens with zero attached hydrogens (tertiary/aromatic N) is 4. The average Bonchev–Trinajstić information content (AvgIpc) is 2.95. The lowest BCUT2D eigenvalue weighted by Gasteiger charge is -2.18. The molecule has 2 aromatic rings. The van der Waals surface area contributed by atoms with Gasteiger partial charge in [0, 0.05) is 18.8 Å². The molecule has 7 heteroatoms. The number of aliphatic imine (C=N–C) groups is 1. The highest BCUT2D eigenvalue weighted by atomic mass is 127. The molecule has 140 valence electrons. The highest BCUT2D eigenvalue weighted by molar-refractivity contribution is 14.0. The lowest BCUT2D eigenvalue weighted by molar-refractivity contribution is 0.491. The lowest BCUT2D eigenvalue weighted by atomic mass is 10.0. The normalized spacial score (nSPS) is 12.9. The van der Waals surface area contributed by atoms with Crippen LogP contribution >= 0.6 is 24.0 Å². The van der Waals surface area contributed by atoms with Gasteiger partial charge in [-0.05, 0) is 38.3 Å². The molecule has 0 radical (unpaired) electrons. The summed E-state index contributed by atoms with van der Waals surface area (Å²) < 4.78 is 1.97. The van der Waals surface area contributed by atoms with Gasteiger partial charge in [0.1, 0.15) is 6.54 Å². The van der Waals surface area contributed by atoms with Gasteiger partial charge in [0.15, 0.2) is 17.4 Å². The minimum absolute atomic E-state index is 0. The van der Waals surface area contributed by atoms with Crippen molar-refractivity contribution in [3.63, 3.8) is 0 Å². The van der Waals surface area contributed by atoms with E-state index in [1.165, 1.54) is 12.8 Å². The van der Waals surface area contributed by atoms with E-state index in [9.17, 15) is 0 Å². The third kappa shape index (κ3) is 7.17. The number of hydrogen-bond donors (Lipinski definition) is 2. The first-order chi connectivity index (χ1) is 11.6. The fourth-order valence-corrected chi connectivity index (χ4v) is 2.61. The van der Waals surface area contributed by atoms with Gasteiger partial charge in [-0.3, -0.25) is 4.40 Å². The monoisotopic (exact) mass is 458 g/mol. The van der Waals surface area contributed by atoms with E-state index in [2.05, 4.69) is 53.5 Å². The Morgan fingerprint density at radius 1 is 1.20 bits per heavy atom. The molecule has 0 amide bonds. The van der Waals surface area contributed by atoms with Gasteiger partial charge in [0.05, 0.1) is 0 Å². The summed E-state index contributed by atoms with van der Waals surface area (Å²) in [4.78, 5) is 4.66. The molecule has 2 aromatic heterocycles. The van der Waals surface area contributed by atoms with Crippen molar-refractivity contribution in [2.24, 2.45) is 10.9 Å². The van der Waals surface area contributed by atoms with E-state index >= 15 is 0 Å². The first-order valence-corrected chi connectivity index (χ1v) is 8.93. The second-order valence-corrected chi connectivity index (χ2v) is 6.61. The van der Waals surface area contributed by atoms with Crippen LogP contribution in [0.2, 0.25) is 0 Å². The van der Waals surface area contributed by atoms with Crippen molar-refractivity contribution in [1.29, 1.82) is 0 Å². The minimum atomic E-state index is 0. The van der Waals surface area contributed by atoms with Gasteiger partial charge in [0.25, 0.3) is 0 Å². The number of rotatable bonds is 8. The van der Waals surface area contributed by atoms with E-state index in [1.807, 2.05) is 28.8 Å². The van der Waals surface area contributed by atoms with Gasteiger partial charge in [-0.25, -0.2) is 4.99 Å². The van der Waals surface area contributed by atoms with E-state index in [4.69, 9.17) is 0 Å². The number of hydrogen-bond acceptors (Lipinski definition) is 3. The van der Waals surface area contributed by atoms with Crippen LogP contribution in [0.15, 0.2) is 29.4 Å². The Morgan fingerprint density at radius 3 is 2.72 bits per heavy atom. The third-order valence-corrected chi connectivity index (χ3v) is 3.91. The fraction of sp³-hybridized carbons (Fsp3) is 0.611. The van der Waals surface area contributed by atoms with E-state index < -0.39 is 0 Å². The molecule has 2 rings (SSSR count). The predicted molar refractivity (Wildman–Crippen MR) is 115 cm³/mol. The van der Waals surface area contributed by atoms with Crippen molar-refractivity contribution >= 4 is 35.6 Å². The van der Waals surface area contributed by atoms with Gasteiger partial charge in [-0.1, -0.05) is 32.8 Å². The molecule has 0 fully saturated rings. The Balaban J connectivity index is 0.00000312. The number of halogens is 1. The minimum Gasteiger partial charge on any atom is -0.357 e. The van der Waals surface area contributed by atoms with Gasteiger partial charge in [0.2, 0.25) is 0 Å². The van der Waals surface area contributed by atoms with Gasteiger partial charge >= 0.3 is 0 Å². The number of pyridine rings is 1. The molecule has 0 aromatic carbocycles. The lowest BCUT2D eigenvalue weighted by Crippen LogP contribution is -2.42. The van der Waals surface area contributed by atoms with Crippen LogP contribution in [0.3, 0.4) is 0 Å². The van der Waals surface area contributed by atoms with Crippen LogP contribution in [0.25, 0.3) is 5.65 Å². The highest BCUT2D eigenvalue weighted by Crippen LogP contribution is 2.08. The molecule has 1 unspecified atom stereocenters. The molecule has 0 aliphatic heterocycles. The maximum atomic E-state index is 4.66. The first-order valence-electron chi connectivity index (χ1n) is 8.93. The number of guanidine groups is 1. The standard InChI is InChI=1S/C18H30N6.HI/c1-5-19-18(21-15(4)10-8-9-14(2)3)20-13-17-23-22-16-11-6-7-12-24(16)17;/h6-7,11-12,14-15H,5,8-10,13H2,1-4H3,(H2,19,20,21);1H. The molecule has 0 bridgehead atoms. The van der Waals surface area contributed by atoms with E-state index in [0.29, 0.717) is 12.6 Å². The van der Waals surface area contributed by atoms with Crippen LogP contribution in [0.5, 0.6) is 0 Å². The topological polar surface area (TPSA) is 66.6 Å². The molecule has 0 aliphatic carbocycles. The number of fused-ring (bicyclic) bond motifs is 1. The van der Waals surface area contributed by atoms with Crippen molar-refractivity contribution in [2.75, 3.05) is 6.54 Å². The van der Waals surface area contributed by atoms with E-state index in [0.717, 1.165) is 36.3 Å². The Kier molecular flexibility index (Phi) is 9.77.